The van der Waals surface area contributed by atoms with Gasteiger partial charge in [0.2, 0.25) is 5.91 Å². The molecule has 7 heteroatoms. The number of hydrogen-bond acceptors (Lipinski definition) is 4. The Bertz CT molecular complexity index is 1250. The summed E-state index contributed by atoms with van der Waals surface area (Å²) >= 11 is 0. The van der Waals surface area contributed by atoms with Crippen molar-refractivity contribution in [3.63, 3.8) is 0 Å². The minimum atomic E-state index is -1.07. The van der Waals surface area contributed by atoms with E-state index in [0.29, 0.717) is 30.3 Å². The number of nitrogens with zero attached hydrogens (tertiary/aromatic N) is 2. The number of carbonyl (C=O) groups excluding carboxylic acids is 2. The molecule has 0 spiro atoms. The molecular formula is C28H33N3O4. The SMILES string of the molecule is COc1ccc(OC)c2c1cc1n2C[C@@](C)(C(=O)NC2CCCCC2)N(Cc2ccccc2)C1=O. The molecule has 2 amide bonds. The summed E-state index contributed by atoms with van der Waals surface area (Å²) in [5.41, 5.74) is 1.21. The lowest BCUT2D eigenvalue weighted by Gasteiger charge is -2.45. The summed E-state index contributed by atoms with van der Waals surface area (Å²) in [6.45, 7) is 2.56. The number of rotatable bonds is 6. The van der Waals surface area contributed by atoms with Gasteiger partial charge < -0.3 is 24.3 Å². The highest BCUT2D eigenvalue weighted by molar-refractivity contribution is 6.05. The molecule has 7 nitrogen and oxygen atoms in total. The van der Waals surface area contributed by atoms with Crippen LogP contribution in [0.5, 0.6) is 11.5 Å². The number of benzene rings is 2. The van der Waals surface area contributed by atoms with Crippen LogP contribution in [0, 0.1) is 0 Å². The summed E-state index contributed by atoms with van der Waals surface area (Å²) in [6.07, 6.45) is 5.42. The van der Waals surface area contributed by atoms with Crippen LogP contribution in [0.1, 0.15) is 55.1 Å². The molecule has 1 aromatic heterocycles. The van der Waals surface area contributed by atoms with Crippen molar-refractivity contribution in [3.05, 3.63) is 59.8 Å². The van der Waals surface area contributed by atoms with Gasteiger partial charge in [0, 0.05) is 18.0 Å². The van der Waals surface area contributed by atoms with E-state index in [4.69, 9.17) is 9.47 Å². The smallest absolute Gasteiger partial charge is 0.271 e. The van der Waals surface area contributed by atoms with Crippen molar-refractivity contribution < 1.29 is 19.1 Å². The van der Waals surface area contributed by atoms with Crippen molar-refractivity contribution in [1.82, 2.24) is 14.8 Å². The summed E-state index contributed by atoms with van der Waals surface area (Å²) in [5.74, 6) is 1.02. The zero-order valence-corrected chi connectivity index (χ0v) is 20.7. The van der Waals surface area contributed by atoms with Crippen molar-refractivity contribution in [2.45, 2.75) is 63.7 Å². The van der Waals surface area contributed by atoms with Crippen molar-refractivity contribution in [2.24, 2.45) is 0 Å². The van der Waals surface area contributed by atoms with E-state index in [-0.39, 0.29) is 17.9 Å². The molecule has 2 aromatic carbocycles. The third-order valence-corrected chi connectivity index (χ3v) is 7.56. The first-order valence-corrected chi connectivity index (χ1v) is 12.4. The molecule has 0 radical (unpaired) electrons. The molecule has 0 saturated heterocycles. The number of aromatic nitrogens is 1. The van der Waals surface area contributed by atoms with Crippen LogP contribution in [0.15, 0.2) is 48.5 Å². The Labute approximate surface area is 206 Å². The molecule has 184 valence electrons. The maximum atomic E-state index is 14.0. The van der Waals surface area contributed by atoms with Crippen LogP contribution in [0.3, 0.4) is 0 Å². The fourth-order valence-corrected chi connectivity index (χ4v) is 5.56. The van der Waals surface area contributed by atoms with E-state index in [9.17, 15) is 9.59 Å². The number of amides is 2. The zero-order valence-electron chi connectivity index (χ0n) is 20.7. The van der Waals surface area contributed by atoms with Gasteiger partial charge in [0.25, 0.3) is 5.91 Å². The van der Waals surface area contributed by atoms with Crippen LogP contribution >= 0.6 is 0 Å². The summed E-state index contributed by atoms with van der Waals surface area (Å²) in [6, 6.07) is 15.5. The number of methoxy groups -OCH3 is 2. The van der Waals surface area contributed by atoms with Gasteiger partial charge in [0.15, 0.2) is 0 Å². The second kappa shape index (κ2) is 9.29. The lowest BCUT2D eigenvalue weighted by molar-refractivity contribution is -0.134. The van der Waals surface area contributed by atoms with E-state index in [1.807, 2.05) is 60.0 Å². The lowest BCUT2D eigenvalue weighted by atomic mass is 9.91. The van der Waals surface area contributed by atoms with Gasteiger partial charge in [-0.3, -0.25) is 9.59 Å². The van der Waals surface area contributed by atoms with Gasteiger partial charge in [-0.25, -0.2) is 0 Å². The molecule has 2 heterocycles. The van der Waals surface area contributed by atoms with Gasteiger partial charge in [0.1, 0.15) is 22.7 Å². The fraction of sp³-hybridized carbons (Fsp3) is 0.429. The van der Waals surface area contributed by atoms with Gasteiger partial charge in [-0.15, -0.1) is 0 Å². The standard InChI is InChI=1S/C28H33N3O4/c1-28(27(33)29-20-12-8-5-9-13-20)18-30-22(26(32)31(28)17-19-10-6-4-7-11-19)16-21-23(34-2)14-15-24(35-3)25(21)30/h4,6-7,10-11,14-16,20H,5,8-9,12-13,17-18H2,1-3H3,(H,29,33)/t28-/m0/s1. The second-order valence-electron chi connectivity index (χ2n) is 9.81. The van der Waals surface area contributed by atoms with Crippen LogP contribution < -0.4 is 14.8 Å². The number of carbonyl (C=O) groups is 2. The molecule has 1 aliphatic carbocycles. The van der Waals surface area contributed by atoms with Crippen LogP contribution in [-0.2, 0) is 17.9 Å². The maximum absolute atomic E-state index is 14.0. The van der Waals surface area contributed by atoms with Gasteiger partial charge >= 0.3 is 0 Å². The lowest BCUT2D eigenvalue weighted by Crippen LogP contribution is -2.64. The van der Waals surface area contributed by atoms with Crippen molar-refractivity contribution in [1.29, 1.82) is 0 Å². The molecule has 35 heavy (non-hydrogen) atoms. The topological polar surface area (TPSA) is 72.8 Å². The largest absolute Gasteiger partial charge is 0.496 e. The Hall–Kier alpha value is -3.48. The first-order valence-electron chi connectivity index (χ1n) is 12.4. The van der Waals surface area contributed by atoms with E-state index in [1.165, 1.54) is 6.42 Å². The van der Waals surface area contributed by atoms with E-state index < -0.39 is 5.54 Å². The Kier molecular flexibility index (Phi) is 6.17. The van der Waals surface area contributed by atoms with E-state index in [1.54, 1.807) is 19.1 Å². The quantitative estimate of drug-likeness (QED) is 0.569. The molecule has 1 N–H and O–H groups in total. The average Bonchev–Trinajstić information content (AvgIpc) is 3.26. The summed E-state index contributed by atoms with van der Waals surface area (Å²) in [7, 11) is 3.23. The molecule has 3 aromatic rings. The van der Waals surface area contributed by atoms with E-state index in [0.717, 1.165) is 42.1 Å². The molecule has 1 saturated carbocycles. The fourth-order valence-electron chi connectivity index (χ4n) is 5.56. The molecule has 5 rings (SSSR count). The predicted molar refractivity (Wildman–Crippen MR) is 135 cm³/mol. The minimum absolute atomic E-state index is 0.108. The predicted octanol–water partition coefficient (Wildman–Crippen LogP) is 4.52. The van der Waals surface area contributed by atoms with Gasteiger partial charge in [0.05, 0.1) is 26.3 Å². The Morgan fingerprint density at radius 1 is 1.03 bits per heavy atom. The summed E-state index contributed by atoms with van der Waals surface area (Å²) in [4.78, 5) is 29.7. The molecule has 1 atom stereocenters. The monoisotopic (exact) mass is 475 g/mol. The van der Waals surface area contributed by atoms with Gasteiger partial charge in [-0.1, -0.05) is 49.6 Å². The van der Waals surface area contributed by atoms with Crippen molar-refractivity contribution in [3.8, 4) is 11.5 Å². The number of ether oxygens (including phenoxy) is 2. The highest BCUT2D eigenvalue weighted by atomic mass is 16.5. The minimum Gasteiger partial charge on any atom is -0.496 e. The highest BCUT2D eigenvalue weighted by Gasteiger charge is 2.48. The number of hydrogen-bond donors (Lipinski definition) is 1. The Balaban J connectivity index is 1.62. The first-order chi connectivity index (χ1) is 17.0. The average molecular weight is 476 g/mol. The van der Waals surface area contributed by atoms with Gasteiger partial charge in [-0.2, -0.15) is 0 Å². The number of fused-ring (bicyclic) bond motifs is 3. The molecule has 1 aliphatic heterocycles. The van der Waals surface area contributed by atoms with E-state index in [2.05, 4.69) is 5.32 Å². The van der Waals surface area contributed by atoms with Crippen molar-refractivity contribution >= 4 is 22.7 Å². The van der Waals surface area contributed by atoms with E-state index >= 15 is 0 Å². The molecular weight excluding hydrogens is 442 g/mol. The van der Waals surface area contributed by atoms with Crippen LogP contribution in [0.2, 0.25) is 0 Å². The highest BCUT2D eigenvalue weighted by Crippen LogP contribution is 2.40. The molecule has 0 unspecified atom stereocenters. The van der Waals surface area contributed by atoms with Crippen LogP contribution in [-0.4, -0.2) is 47.1 Å². The molecule has 1 fully saturated rings. The first kappa shape index (κ1) is 23.3. The zero-order chi connectivity index (χ0) is 24.6. The molecule has 2 aliphatic rings. The third-order valence-electron chi connectivity index (χ3n) is 7.56. The van der Waals surface area contributed by atoms with Crippen molar-refractivity contribution in [2.75, 3.05) is 14.2 Å². The summed E-state index contributed by atoms with van der Waals surface area (Å²) < 4.78 is 13.2. The third kappa shape index (κ3) is 4.03. The maximum Gasteiger partial charge on any atom is 0.271 e. The van der Waals surface area contributed by atoms with Crippen LogP contribution in [0.4, 0.5) is 0 Å². The normalized spacial score (nSPS) is 20.5. The Morgan fingerprint density at radius 3 is 2.40 bits per heavy atom. The van der Waals surface area contributed by atoms with Crippen LogP contribution in [0.25, 0.3) is 10.9 Å². The van der Waals surface area contributed by atoms with Gasteiger partial charge in [-0.05, 0) is 43.5 Å². The summed E-state index contributed by atoms with van der Waals surface area (Å²) in [5, 5.41) is 4.08. The number of nitrogens with one attached hydrogen (secondary N) is 1. The Morgan fingerprint density at radius 2 is 1.71 bits per heavy atom. The molecule has 0 bridgehead atoms. The second-order valence-corrected chi connectivity index (χ2v) is 9.81.